The summed E-state index contributed by atoms with van der Waals surface area (Å²) in [5, 5.41) is 2.36. The van der Waals surface area contributed by atoms with Crippen LogP contribution in [0.2, 0.25) is 0 Å². The van der Waals surface area contributed by atoms with Crippen LogP contribution in [0, 0.1) is 0 Å². The van der Waals surface area contributed by atoms with E-state index in [2.05, 4.69) is 227 Å². The molecule has 0 aliphatic rings. The third kappa shape index (κ3) is 6.12. The van der Waals surface area contributed by atoms with Crippen molar-refractivity contribution in [3.05, 3.63) is 225 Å². The first-order valence-corrected chi connectivity index (χ1v) is 19.0. The molecule has 2 heterocycles. The Morgan fingerprint density at radius 3 is 1.54 bits per heavy atom. The molecule has 10 aromatic rings. The van der Waals surface area contributed by atoms with Gasteiger partial charge in [0, 0.05) is 45.9 Å². The highest BCUT2D eigenvalue weighted by atomic mass is 15.1. The molecule has 10 rings (SSSR count). The summed E-state index contributed by atoms with van der Waals surface area (Å²) in [7, 11) is 0. The molecule has 0 amide bonds. The van der Waals surface area contributed by atoms with Crippen LogP contribution in [0.1, 0.15) is 0 Å². The minimum atomic E-state index is 1.08. The highest BCUT2D eigenvalue weighted by Crippen LogP contribution is 2.42. The maximum Gasteiger partial charge on any atom is 0.0571 e. The molecule has 0 atom stereocenters. The Morgan fingerprint density at radius 2 is 0.857 bits per heavy atom. The Morgan fingerprint density at radius 1 is 0.339 bits per heavy atom. The smallest absolute Gasteiger partial charge is 0.0571 e. The van der Waals surface area contributed by atoms with Crippen LogP contribution in [0.5, 0.6) is 0 Å². The topological polar surface area (TPSA) is 21.1 Å². The van der Waals surface area contributed by atoms with Gasteiger partial charge < -0.3 is 9.47 Å². The van der Waals surface area contributed by atoms with Crippen LogP contribution < -0.4 is 4.90 Å². The normalized spacial score (nSPS) is 11.2. The molecule has 0 bridgehead atoms. The van der Waals surface area contributed by atoms with Gasteiger partial charge in [-0.15, -0.1) is 0 Å². The fourth-order valence-corrected chi connectivity index (χ4v) is 8.00. The van der Waals surface area contributed by atoms with E-state index in [1.807, 2.05) is 12.4 Å². The molecule has 0 fully saturated rings. The largest absolute Gasteiger partial charge is 0.310 e. The molecule has 8 aromatic carbocycles. The average Bonchev–Trinajstić information content (AvgIpc) is 3.62. The fraction of sp³-hybridized carbons (Fsp3) is 0. The maximum absolute atomic E-state index is 4.44. The van der Waals surface area contributed by atoms with Crippen LogP contribution in [0.4, 0.5) is 17.1 Å². The molecule has 0 N–H and O–H groups in total. The Balaban J connectivity index is 1.07. The number of rotatable bonds is 8. The van der Waals surface area contributed by atoms with E-state index in [0.717, 1.165) is 44.8 Å². The standard InChI is InChI=1S/C53H37N3/c1-4-13-38(14-5-1)39-23-27-44(28-24-39)55(47-31-32-48(41-15-6-2-7-16-41)50(36-47)42-17-8-3-9-18-42)45-29-25-40(26-30-45)43-19-12-20-46(35-43)56-52-22-11-10-21-49(52)51-37-54-34-33-53(51)56/h1-37H. The van der Waals surface area contributed by atoms with Gasteiger partial charge in [-0.3, -0.25) is 4.98 Å². The Hall–Kier alpha value is -7.49. The van der Waals surface area contributed by atoms with Gasteiger partial charge in [-0.2, -0.15) is 0 Å². The van der Waals surface area contributed by atoms with Crippen molar-refractivity contribution in [2.45, 2.75) is 0 Å². The van der Waals surface area contributed by atoms with E-state index in [1.54, 1.807) is 0 Å². The van der Waals surface area contributed by atoms with E-state index < -0.39 is 0 Å². The molecule has 0 aliphatic carbocycles. The van der Waals surface area contributed by atoms with E-state index in [9.17, 15) is 0 Å². The van der Waals surface area contributed by atoms with Crippen LogP contribution in [-0.4, -0.2) is 9.55 Å². The summed E-state index contributed by atoms with van der Waals surface area (Å²) < 4.78 is 2.34. The molecule has 0 spiro atoms. The van der Waals surface area contributed by atoms with Crippen molar-refractivity contribution in [2.75, 3.05) is 4.90 Å². The van der Waals surface area contributed by atoms with Gasteiger partial charge in [0.2, 0.25) is 0 Å². The monoisotopic (exact) mass is 715 g/mol. The van der Waals surface area contributed by atoms with Gasteiger partial charge >= 0.3 is 0 Å². The molecule has 0 radical (unpaired) electrons. The molecule has 0 saturated carbocycles. The van der Waals surface area contributed by atoms with Gasteiger partial charge in [-0.25, -0.2) is 0 Å². The molecule has 0 saturated heterocycles. The van der Waals surface area contributed by atoms with Gasteiger partial charge in [-0.1, -0.05) is 152 Å². The number of para-hydroxylation sites is 1. The molecule has 2 aromatic heterocycles. The van der Waals surface area contributed by atoms with E-state index in [1.165, 1.54) is 44.3 Å². The van der Waals surface area contributed by atoms with Crippen molar-refractivity contribution in [3.8, 4) is 50.2 Å². The maximum atomic E-state index is 4.44. The van der Waals surface area contributed by atoms with Crippen LogP contribution in [0.3, 0.4) is 0 Å². The number of anilines is 3. The van der Waals surface area contributed by atoms with Crippen LogP contribution in [0.25, 0.3) is 72.0 Å². The van der Waals surface area contributed by atoms with Crippen molar-refractivity contribution in [2.24, 2.45) is 0 Å². The predicted molar refractivity (Wildman–Crippen MR) is 235 cm³/mol. The number of fused-ring (bicyclic) bond motifs is 3. The number of pyridine rings is 1. The molecule has 0 aliphatic heterocycles. The second kappa shape index (κ2) is 14.4. The summed E-state index contributed by atoms with van der Waals surface area (Å²) in [5.74, 6) is 0. The molecule has 3 heteroatoms. The number of hydrogen-bond acceptors (Lipinski definition) is 2. The quantitative estimate of drug-likeness (QED) is 0.156. The van der Waals surface area contributed by atoms with Crippen LogP contribution in [0.15, 0.2) is 225 Å². The summed E-state index contributed by atoms with van der Waals surface area (Å²) in [5.41, 5.74) is 16.2. The fourth-order valence-electron chi connectivity index (χ4n) is 8.00. The zero-order valence-electron chi connectivity index (χ0n) is 30.7. The second-order valence-corrected chi connectivity index (χ2v) is 14.1. The first kappa shape index (κ1) is 33.1. The summed E-state index contributed by atoms with van der Waals surface area (Å²) in [6, 6.07) is 76.1. The summed E-state index contributed by atoms with van der Waals surface area (Å²) in [4.78, 5) is 6.80. The van der Waals surface area contributed by atoms with Gasteiger partial charge in [-0.05, 0) is 105 Å². The molecular weight excluding hydrogens is 679 g/mol. The SMILES string of the molecule is c1ccc(-c2ccc(N(c3ccc(-c4cccc(-n5c6ccccc6c6cnccc65)c4)cc3)c3ccc(-c4ccccc4)c(-c4ccccc4)c3)cc2)cc1. The first-order chi connectivity index (χ1) is 27.8. The minimum Gasteiger partial charge on any atom is -0.310 e. The van der Waals surface area contributed by atoms with Gasteiger partial charge in [0.25, 0.3) is 0 Å². The lowest BCUT2D eigenvalue weighted by molar-refractivity contribution is 1.17. The lowest BCUT2D eigenvalue weighted by Gasteiger charge is -2.27. The Bertz CT molecular complexity index is 2880. The summed E-state index contributed by atoms with van der Waals surface area (Å²) >= 11 is 0. The number of aromatic nitrogens is 2. The zero-order valence-corrected chi connectivity index (χ0v) is 30.7. The van der Waals surface area contributed by atoms with Crippen molar-refractivity contribution in [1.29, 1.82) is 0 Å². The van der Waals surface area contributed by atoms with Crippen molar-refractivity contribution in [3.63, 3.8) is 0 Å². The highest BCUT2D eigenvalue weighted by Gasteiger charge is 2.18. The van der Waals surface area contributed by atoms with Gasteiger partial charge in [0.15, 0.2) is 0 Å². The summed E-state index contributed by atoms with van der Waals surface area (Å²) in [6.07, 6.45) is 3.84. The highest BCUT2D eigenvalue weighted by molar-refractivity contribution is 6.08. The van der Waals surface area contributed by atoms with Crippen molar-refractivity contribution >= 4 is 38.9 Å². The van der Waals surface area contributed by atoms with E-state index in [4.69, 9.17) is 0 Å². The Labute approximate surface area is 327 Å². The predicted octanol–water partition coefficient (Wildman–Crippen LogP) is 14.3. The number of benzene rings is 8. The number of hydrogen-bond donors (Lipinski definition) is 0. The molecular formula is C53H37N3. The zero-order chi connectivity index (χ0) is 37.3. The van der Waals surface area contributed by atoms with E-state index >= 15 is 0 Å². The molecule has 264 valence electrons. The minimum absolute atomic E-state index is 1.08. The number of nitrogens with zero attached hydrogens (tertiary/aromatic N) is 3. The van der Waals surface area contributed by atoms with Crippen molar-refractivity contribution in [1.82, 2.24) is 9.55 Å². The molecule has 56 heavy (non-hydrogen) atoms. The lowest BCUT2D eigenvalue weighted by atomic mass is 9.93. The lowest BCUT2D eigenvalue weighted by Crippen LogP contribution is -2.10. The second-order valence-electron chi connectivity index (χ2n) is 14.1. The van der Waals surface area contributed by atoms with E-state index in [0.29, 0.717) is 0 Å². The third-order valence-corrected chi connectivity index (χ3v) is 10.7. The molecule has 3 nitrogen and oxygen atoms in total. The van der Waals surface area contributed by atoms with E-state index in [-0.39, 0.29) is 0 Å². The van der Waals surface area contributed by atoms with Gasteiger partial charge in [0.1, 0.15) is 0 Å². The summed E-state index contributed by atoms with van der Waals surface area (Å²) in [6.45, 7) is 0. The van der Waals surface area contributed by atoms with Gasteiger partial charge in [0.05, 0.1) is 11.0 Å². The van der Waals surface area contributed by atoms with Crippen molar-refractivity contribution < 1.29 is 0 Å². The van der Waals surface area contributed by atoms with Crippen LogP contribution in [-0.2, 0) is 0 Å². The first-order valence-electron chi connectivity index (χ1n) is 19.0. The third-order valence-electron chi connectivity index (χ3n) is 10.7. The van der Waals surface area contributed by atoms with Crippen LogP contribution >= 0.6 is 0 Å². The molecule has 0 unspecified atom stereocenters. The average molecular weight is 716 g/mol. The Kier molecular flexibility index (Phi) is 8.51.